The van der Waals surface area contributed by atoms with Gasteiger partial charge in [0.05, 0.1) is 22.3 Å². The number of aromatic carboxylic acids is 1. The topological polar surface area (TPSA) is 98.3 Å². The monoisotopic (exact) mass is 336 g/mol. The van der Waals surface area contributed by atoms with Crippen molar-refractivity contribution in [2.24, 2.45) is 0 Å². The number of fused-ring (bicyclic) bond motifs is 2. The van der Waals surface area contributed by atoms with E-state index in [1.807, 2.05) is 25.1 Å². The summed E-state index contributed by atoms with van der Waals surface area (Å²) in [7, 11) is 1.73. The molecule has 1 aromatic heterocycles. The van der Waals surface area contributed by atoms with Gasteiger partial charge in [0, 0.05) is 18.1 Å². The van der Waals surface area contributed by atoms with Gasteiger partial charge in [-0.05, 0) is 37.3 Å². The second-order valence-corrected chi connectivity index (χ2v) is 6.19. The molecule has 1 amide bonds. The molecule has 0 radical (unpaired) electrons. The zero-order valence-electron chi connectivity index (χ0n) is 13.7. The summed E-state index contributed by atoms with van der Waals surface area (Å²) in [6.07, 6.45) is -0.414. The van der Waals surface area contributed by atoms with Crippen molar-refractivity contribution in [3.63, 3.8) is 0 Å². The molecule has 0 bridgehead atoms. The number of hydrogen-bond donors (Lipinski definition) is 3. The van der Waals surface area contributed by atoms with Crippen LogP contribution in [0.25, 0.3) is 10.9 Å². The predicted octanol–water partition coefficient (Wildman–Crippen LogP) is 2.77. The first kappa shape index (κ1) is 15.2. The van der Waals surface area contributed by atoms with Crippen molar-refractivity contribution in [2.75, 3.05) is 12.4 Å². The van der Waals surface area contributed by atoms with E-state index >= 15 is 0 Å². The van der Waals surface area contributed by atoms with E-state index in [-0.39, 0.29) is 11.5 Å². The van der Waals surface area contributed by atoms with E-state index in [9.17, 15) is 9.59 Å². The molecule has 0 aliphatic carbocycles. The summed E-state index contributed by atoms with van der Waals surface area (Å²) in [6.45, 7) is 1.95. The van der Waals surface area contributed by atoms with Gasteiger partial charge in [0.25, 0.3) is 5.91 Å². The van der Waals surface area contributed by atoms with Gasteiger partial charge in [-0.1, -0.05) is 11.6 Å². The Kier molecular flexibility index (Phi) is 3.24. The van der Waals surface area contributed by atoms with Crippen molar-refractivity contribution >= 4 is 28.5 Å². The third-order valence-corrected chi connectivity index (χ3v) is 4.51. The average molecular weight is 336 g/mol. The van der Waals surface area contributed by atoms with Crippen LogP contribution in [-0.2, 0) is 0 Å². The quantitative estimate of drug-likeness (QED) is 0.668. The molecule has 1 aliphatic rings. The molecule has 3 N–H and O–H groups in total. The Morgan fingerprint density at radius 3 is 2.80 bits per heavy atom. The molecule has 7 heteroatoms. The zero-order valence-corrected chi connectivity index (χ0v) is 13.7. The molecule has 0 saturated carbocycles. The minimum Gasteiger partial charge on any atom is -0.478 e. The van der Waals surface area contributed by atoms with Gasteiger partial charge in [0.2, 0.25) is 0 Å². The molecule has 0 saturated heterocycles. The molecule has 0 spiro atoms. The van der Waals surface area contributed by atoms with Crippen LogP contribution in [0.1, 0.15) is 38.1 Å². The molecule has 2 heterocycles. The summed E-state index contributed by atoms with van der Waals surface area (Å²) >= 11 is 0. The number of anilines is 1. The number of aromatic amines is 1. The molecule has 126 valence electrons. The molecule has 0 fully saturated rings. The van der Waals surface area contributed by atoms with E-state index < -0.39 is 12.1 Å². The van der Waals surface area contributed by atoms with Crippen molar-refractivity contribution in [1.82, 2.24) is 15.1 Å². The normalized spacial score (nSPS) is 16.6. The molecular formula is C18H16N4O3. The SMILES string of the molecule is Cc1ccc2c(c1)C(=O)N(C)C(c1[nH]nc3cc(C(=O)O)ccc13)N2. The lowest BCUT2D eigenvalue weighted by atomic mass is 10.0. The van der Waals surface area contributed by atoms with Crippen molar-refractivity contribution in [3.8, 4) is 0 Å². The van der Waals surface area contributed by atoms with Crippen LogP contribution in [0.3, 0.4) is 0 Å². The van der Waals surface area contributed by atoms with E-state index in [1.165, 1.54) is 12.1 Å². The van der Waals surface area contributed by atoms with Crippen LogP contribution in [0.5, 0.6) is 0 Å². The first-order valence-electron chi connectivity index (χ1n) is 7.81. The maximum absolute atomic E-state index is 12.7. The predicted molar refractivity (Wildman–Crippen MR) is 92.7 cm³/mol. The van der Waals surface area contributed by atoms with Gasteiger partial charge >= 0.3 is 5.97 Å². The van der Waals surface area contributed by atoms with Crippen molar-refractivity contribution in [2.45, 2.75) is 13.1 Å². The Balaban J connectivity index is 1.80. The number of amides is 1. The van der Waals surface area contributed by atoms with Gasteiger partial charge in [-0.3, -0.25) is 9.89 Å². The number of carbonyl (C=O) groups is 2. The molecule has 1 unspecified atom stereocenters. The Bertz CT molecular complexity index is 1020. The van der Waals surface area contributed by atoms with Crippen molar-refractivity contribution in [3.05, 3.63) is 58.8 Å². The zero-order chi connectivity index (χ0) is 17.7. The average Bonchev–Trinajstić information content (AvgIpc) is 3.01. The number of aromatic nitrogens is 2. The maximum Gasteiger partial charge on any atom is 0.335 e. The number of nitrogens with zero attached hydrogens (tertiary/aromatic N) is 2. The van der Waals surface area contributed by atoms with Gasteiger partial charge in [-0.2, -0.15) is 5.10 Å². The van der Waals surface area contributed by atoms with Gasteiger partial charge < -0.3 is 15.3 Å². The first-order valence-corrected chi connectivity index (χ1v) is 7.81. The van der Waals surface area contributed by atoms with Crippen LogP contribution in [0, 0.1) is 6.92 Å². The number of aryl methyl sites for hydroxylation is 1. The third kappa shape index (κ3) is 2.32. The van der Waals surface area contributed by atoms with E-state index in [1.54, 1.807) is 18.0 Å². The van der Waals surface area contributed by atoms with Crippen LogP contribution in [0.15, 0.2) is 36.4 Å². The van der Waals surface area contributed by atoms with Gasteiger partial charge in [-0.25, -0.2) is 4.79 Å². The van der Waals surface area contributed by atoms with Gasteiger partial charge in [0.15, 0.2) is 0 Å². The largest absolute Gasteiger partial charge is 0.478 e. The molecular weight excluding hydrogens is 320 g/mol. The maximum atomic E-state index is 12.7. The van der Waals surface area contributed by atoms with Crippen LogP contribution in [0.4, 0.5) is 5.69 Å². The second kappa shape index (κ2) is 5.34. The molecule has 3 aromatic rings. The summed E-state index contributed by atoms with van der Waals surface area (Å²) in [5.41, 5.74) is 3.86. The summed E-state index contributed by atoms with van der Waals surface area (Å²) < 4.78 is 0. The van der Waals surface area contributed by atoms with Crippen LogP contribution >= 0.6 is 0 Å². The number of nitrogens with one attached hydrogen (secondary N) is 2. The van der Waals surface area contributed by atoms with E-state index in [0.29, 0.717) is 16.8 Å². The Morgan fingerprint density at radius 1 is 1.24 bits per heavy atom. The highest BCUT2D eigenvalue weighted by Gasteiger charge is 2.32. The molecule has 7 nitrogen and oxygen atoms in total. The first-order chi connectivity index (χ1) is 12.0. The fourth-order valence-corrected chi connectivity index (χ4v) is 3.15. The third-order valence-electron chi connectivity index (χ3n) is 4.51. The highest BCUT2D eigenvalue weighted by molar-refractivity contribution is 6.02. The number of carbonyl (C=O) groups excluding carboxylic acids is 1. The van der Waals surface area contributed by atoms with Crippen molar-refractivity contribution < 1.29 is 14.7 Å². The van der Waals surface area contributed by atoms with Gasteiger partial charge in [-0.15, -0.1) is 0 Å². The van der Waals surface area contributed by atoms with Gasteiger partial charge in [0.1, 0.15) is 6.17 Å². The van der Waals surface area contributed by atoms with Crippen LogP contribution < -0.4 is 5.32 Å². The van der Waals surface area contributed by atoms with Crippen molar-refractivity contribution in [1.29, 1.82) is 0 Å². The minimum absolute atomic E-state index is 0.0765. The summed E-state index contributed by atoms with van der Waals surface area (Å²) in [4.78, 5) is 25.4. The number of rotatable bonds is 2. The van der Waals surface area contributed by atoms with E-state index in [4.69, 9.17) is 5.11 Å². The number of benzene rings is 2. The Hall–Kier alpha value is -3.35. The molecule has 1 aliphatic heterocycles. The molecule has 1 atom stereocenters. The lowest BCUT2D eigenvalue weighted by Crippen LogP contribution is -2.40. The number of carboxylic acid groups (broad SMARTS) is 1. The highest BCUT2D eigenvalue weighted by Crippen LogP contribution is 2.34. The minimum atomic E-state index is -1.00. The summed E-state index contributed by atoms with van der Waals surface area (Å²) in [5, 5.41) is 20.4. The standard InChI is InChI=1S/C18H16N4O3/c1-9-3-6-13-12(7-9)17(23)22(2)16(19-13)15-11-5-4-10(18(24)25)8-14(11)20-21-15/h3-8,16,19H,1-2H3,(H,20,21)(H,24,25). The molecule has 25 heavy (non-hydrogen) atoms. The number of carboxylic acids is 1. The lowest BCUT2D eigenvalue weighted by molar-refractivity contribution is 0.0695. The number of H-pyrrole nitrogens is 1. The fraction of sp³-hybridized carbons (Fsp3) is 0.167. The Morgan fingerprint density at radius 2 is 2.04 bits per heavy atom. The van der Waals surface area contributed by atoms with Crippen LogP contribution in [-0.4, -0.2) is 39.1 Å². The van der Waals surface area contributed by atoms with E-state index in [0.717, 1.165) is 16.6 Å². The molecule has 2 aromatic carbocycles. The van der Waals surface area contributed by atoms with Crippen LogP contribution in [0.2, 0.25) is 0 Å². The van der Waals surface area contributed by atoms with E-state index in [2.05, 4.69) is 15.5 Å². The summed E-state index contributed by atoms with van der Waals surface area (Å²) in [5.74, 6) is -1.08. The number of hydrogen-bond acceptors (Lipinski definition) is 4. The molecule has 4 rings (SSSR count). The fourth-order valence-electron chi connectivity index (χ4n) is 3.15. The smallest absolute Gasteiger partial charge is 0.335 e. The summed E-state index contributed by atoms with van der Waals surface area (Å²) in [6, 6.07) is 10.5. The Labute approximate surface area is 143 Å². The lowest BCUT2D eigenvalue weighted by Gasteiger charge is -2.35. The highest BCUT2D eigenvalue weighted by atomic mass is 16.4. The second-order valence-electron chi connectivity index (χ2n) is 6.19.